The zero-order chi connectivity index (χ0) is 20.1. The molecular weight excluding hydrogens is 360 g/mol. The standard InChI is InChI=1S/C19H18N6O3/c1-12-8-13(2)10-15(9-12)22-17-16(25(27)28)18(21-11-20-17)23-24-19(26)14-6-4-3-5-7-14/h3-11H,1-2H3,(H,24,26)(H2,20,21,22,23). The van der Waals surface area contributed by atoms with Gasteiger partial charge in [-0.1, -0.05) is 24.3 Å². The average molecular weight is 378 g/mol. The summed E-state index contributed by atoms with van der Waals surface area (Å²) in [5, 5.41) is 14.6. The lowest BCUT2D eigenvalue weighted by molar-refractivity contribution is -0.383. The molecule has 0 saturated carbocycles. The number of amides is 1. The fraction of sp³-hybridized carbons (Fsp3) is 0.105. The molecule has 28 heavy (non-hydrogen) atoms. The van der Waals surface area contributed by atoms with Crippen LogP contribution in [0.25, 0.3) is 0 Å². The van der Waals surface area contributed by atoms with Gasteiger partial charge in [0, 0.05) is 11.3 Å². The van der Waals surface area contributed by atoms with Gasteiger partial charge in [0.15, 0.2) is 0 Å². The molecule has 3 aromatic rings. The highest BCUT2D eigenvalue weighted by Crippen LogP contribution is 2.31. The van der Waals surface area contributed by atoms with E-state index in [0.29, 0.717) is 11.3 Å². The number of carbonyl (C=O) groups is 1. The number of aromatic nitrogens is 2. The van der Waals surface area contributed by atoms with Crippen molar-refractivity contribution in [3.05, 3.63) is 81.7 Å². The minimum atomic E-state index is -0.609. The Morgan fingerprint density at radius 2 is 1.64 bits per heavy atom. The molecule has 0 bridgehead atoms. The molecule has 142 valence electrons. The van der Waals surface area contributed by atoms with Gasteiger partial charge in [0.2, 0.25) is 11.6 Å². The lowest BCUT2D eigenvalue weighted by Crippen LogP contribution is -2.30. The van der Waals surface area contributed by atoms with Crippen LogP contribution in [0.5, 0.6) is 0 Å². The summed E-state index contributed by atoms with van der Waals surface area (Å²) in [6, 6.07) is 14.2. The van der Waals surface area contributed by atoms with E-state index in [2.05, 4.69) is 26.1 Å². The zero-order valence-corrected chi connectivity index (χ0v) is 15.3. The maximum absolute atomic E-state index is 12.1. The van der Waals surface area contributed by atoms with E-state index < -0.39 is 10.8 Å². The third-order valence-electron chi connectivity index (χ3n) is 3.82. The van der Waals surface area contributed by atoms with E-state index in [0.717, 1.165) is 11.1 Å². The summed E-state index contributed by atoms with van der Waals surface area (Å²) in [6.45, 7) is 3.86. The Morgan fingerprint density at radius 1 is 1.00 bits per heavy atom. The van der Waals surface area contributed by atoms with Crippen molar-refractivity contribution in [2.45, 2.75) is 13.8 Å². The molecule has 0 aliphatic rings. The van der Waals surface area contributed by atoms with Crippen LogP contribution in [0.15, 0.2) is 54.9 Å². The summed E-state index contributed by atoms with van der Waals surface area (Å²) >= 11 is 0. The van der Waals surface area contributed by atoms with E-state index in [9.17, 15) is 14.9 Å². The fourth-order valence-electron chi connectivity index (χ4n) is 2.70. The lowest BCUT2D eigenvalue weighted by atomic mass is 10.1. The molecule has 0 fully saturated rings. The Labute approximate surface area is 161 Å². The second-order valence-electron chi connectivity index (χ2n) is 6.12. The molecule has 1 heterocycles. The number of nitrogens with one attached hydrogen (secondary N) is 3. The van der Waals surface area contributed by atoms with E-state index in [1.165, 1.54) is 6.33 Å². The molecule has 3 rings (SSSR count). The maximum Gasteiger partial charge on any atom is 0.355 e. The molecule has 1 amide bonds. The topological polar surface area (TPSA) is 122 Å². The normalized spacial score (nSPS) is 10.2. The first kappa shape index (κ1) is 18.8. The van der Waals surface area contributed by atoms with Crippen LogP contribution in [0.2, 0.25) is 0 Å². The summed E-state index contributed by atoms with van der Waals surface area (Å²) < 4.78 is 0. The summed E-state index contributed by atoms with van der Waals surface area (Å²) in [5.41, 5.74) is 7.62. The molecule has 9 nitrogen and oxygen atoms in total. The van der Waals surface area contributed by atoms with Crippen LogP contribution in [0, 0.1) is 24.0 Å². The van der Waals surface area contributed by atoms with Crippen LogP contribution in [0.4, 0.5) is 23.0 Å². The van der Waals surface area contributed by atoms with E-state index >= 15 is 0 Å². The number of nitrogens with zero attached hydrogens (tertiary/aromatic N) is 3. The van der Waals surface area contributed by atoms with Crippen molar-refractivity contribution in [1.29, 1.82) is 0 Å². The van der Waals surface area contributed by atoms with Gasteiger partial charge in [-0.15, -0.1) is 0 Å². The molecule has 0 saturated heterocycles. The number of aryl methyl sites for hydroxylation is 2. The Bertz CT molecular complexity index is 1000. The molecular formula is C19H18N6O3. The molecule has 3 N–H and O–H groups in total. The first-order valence-electron chi connectivity index (χ1n) is 8.40. The van der Waals surface area contributed by atoms with Crippen molar-refractivity contribution in [1.82, 2.24) is 15.4 Å². The number of benzene rings is 2. The third-order valence-corrected chi connectivity index (χ3v) is 3.82. The van der Waals surface area contributed by atoms with Crippen molar-refractivity contribution in [3.8, 4) is 0 Å². The number of nitro groups is 1. The number of hydrazine groups is 1. The Morgan fingerprint density at radius 3 is 2.29 bits per heavy atom. The van der Waals surface area contributed by atoms with Crippen molar-refractivity contribution >= 4 is 28.9 Å². The SMILES string of the molecule is Cc1cc(C)cc(Nc2ncnc(NNC(=O)c3ccccc3)c2[N+](=O)[O-])c1. The van der Waals surface area contributed by atoms with Gasteiger partial charge in [0.05, 0.1) is 4.92 Å². The second-order valence-corrected chi connectivity index (χ2v) is 6.12. The maximum atomic E-state index is 12.1. The van der Waals surface area contributed by atoms with Gasteiger partial charge < -0.3 is 5.32 Å². The molecule has 2 aromatic carbocycles. The predicted molar refractivity (Wildman–Crippen MR) is 105 cm³/mol. The molecule has 0 radical (unpaired) electrons. The molecule has 0 spiro atoms. The van der Waals surface area contributed by atoms with Crippen LogP contribution in [0.1, 0.15) is 21.5 Å². The first-order valence-corrected chi connectivity index (χ1v) is 8.40. The number of rotatable bonds is 6. The summed E-state index contributed by atoms with van der Waals surface area (Å²) in [4.78, 5) is 31.0. The minimum absolute atomic E-state index is 0.0152. The summed E-state index contributed by atoms with van der Waals surface area (Å²) in [5.74, 6) is -0.560. The smallest absolute Gasteiger partial charge is 0.334 e. The van der Waals surface area contributed by atoms with E-state index in [1.54, 1.807) is 30.3 Å². The van der Waals surface area contributed by atoms with Crippen molar-refractivity contribution in [2.24, 2.45) is 0 Å². The number of hydrogen-bond donors (Lipinski definition) is 3. The van der Waals surface area contributed by atoms with Gasteiger partial charge in [0.1, 0.15) is 6.33 Å². The van der Waals surface area contributed by atoms with Gasteiger partial charge in [-0.25, -0.2) is 9.97 Å². The van der Waals surface area contributed by atoms with Crippen molar-refractivity contribution < 1.29 is 9.72 Å². The highest BCUT2D eigenvalue weighted by atomic mass is 16.6. The molecule has 0 aliphatic heterocycles. The second kappa shape index (κ2) is 8.12. The third kappa shape index (κ3) is 4.39. The zero-order valence-electron chi connectivity index (χ0n) is 15.3. The van der Waals surface area contributed by atoms with Crippen LogP contribution < -0.4 is 16.2 Å². The van der Waals surface area contributed by atoms with E-state index in [4.69, 9.17) is 0 Å². The van der Waals surface area contributed by atoms with Crippen LogP contribution >= 0.6 is 0 Å². The van der Waals surface area contributed by atoms with E-state index in [1.807, 2.05) is 32.0 Å². The molecule has 9 heteroatoms. The van der Waals surface area contributed by atoms with Crippen molar-refractivity contribution in [2.75, 3.05) is 10.7 Å². The minimum Gasteiger partial charge on any atom is -0.334 e. The molecule has 0 atom stereocenters. The van der Waals surface area contributed by atoms with Crippen LogP contribution in [-0.2, 0) is 0 Å². The lowest BCUT2D eigenvalue weighted by Gasteiger charge is -2.11. The highest BCUT2D eigenvalue weighted by molar-refractivity contribution is 5.95. The Kier molecular flexibility index (Phi) is 5.45. The van der Waals surface area contributed by atoms with Gasteiger partial charge in [-0.3, -0.25) is 25.8 Å². The monoisotopic (exact) mass is 378 g/mol. The average Bonchev–Trinajstić information content (AvgIpc) is 2.65. The number of hydrogen-bond acceptors (Lipinski definition) is 7. The molecule has 0 unspecified atom stereocenters. The summed E-state index contributed by atoms with van der Waals surface area (Å²) in [6.07, 6.45) is 1.18. The Balaban J connectivity index is 1.85. The van der Waals surface area contributed by atoms with E-state index in [-0.39, 0.29) is 17.3 Å². The predicted octanol–water partition coefficient (Wildman–Crippen LogP) is 3.50. The molecule has 0 aliphatic carbocycles. The van der Waals surface area contributed by atoms with Gasteiger partial charge in [0.25, 0.3) is 5.91 Å². The number of carbonyl (C=O) groups excluding carboxylic acids is 1. The van der Waals surface area contributed by atoms with Gasteiger partial charge in [-0.05, 0) is 49.2 Å². The first-order chi connectivity index (χ1) is 13.4. The fourth-order valence-corrected chi connectivity index (χ4v) is 2.70. The van der Waals surface area contributed by atoms with Crippen LogP contribution in [-0.4, -0.2) is 20.8 Å². The summed E-state index contributed by atoms with van der Waals surface area (Å²) in [7, 11) is 0. The quantitative estimate of drug-likeness (QED) is 0.443. The highest BCUT2D eigenvalue weighted by Gasteiger charge is 2.23. The van der Waals surface area contributed by atoms with Crippen molar-refractivity contribution in [3.63, 3.8) is 0 Å². The van der Waals surface area contributed by atoms with Gasteiger partial charge >= 0.3 is 5.69 Å². The Hall–Kier alpha value is -4.01. The molecule has 1 aromatic heterocycles. The van der Waals surface area contributed by atoms with Gasteiger partial charge in [-0.2, -0.15) is 0 Å². The largest absolute Gasteiger partial charge is 0.355 e. The van der Waals surface area contributed by atoms with Crippen LogP contribution in [0.3, 0.4) is 0 Å². The number of anilines is 3.